The number of hydrogen-bond acceptors (Lipinski definition) is 3. The van der Waals surface area contributed by atoms with Gasteiger partial charge in [0.2, 0.25) is 0 Å². The van der Waals surface area contributed by atoms with Gasteiger partial charge in [0, 0.05) is 0 Å². The minimum Gasteiger partial charge on any atom is -0.469 e. The van der Waals surface area contributed by atoms with Crippen molar-refractivity contribution in [2.24, 2.45) is 17.8 Å². The van der Waals surface area contributed by atoms with Crippen LogP contribution in [0.25, 0.3) is 0 Å². The first-order chi connectivity index (χ1) is 6.16. The van der Waals surface area contributed by atoms with Gasteiger partial charge in [-0.25, -0.2) is 0 Å². The molecule has 0 saturated carbocycles. The number of rotatable bonds is 2. The summed E-state index contributed by atoms with van der Waals surface area (Å²) in [6.45, 7) is 6.20. The van der Waals surface area contributed by atoms with Gasteiger partial charge in [0.25, 0.3) is 0 Å². The lowest BCUT2D eigenvalue weighted by atomic mass is 9.79. The molecule has 3 nitrogen and oxygen atoms in total. The van der Waals surface area contributed by atoms with E-state index in [0.29, 0.717) is 11.8 Å². The van der Waals surface area contributed by atoms with E-state index in [1.807, 2.05) is 0 Å². The Morgan fingerprint density at radius 3 is 2.77 bits per heavy atom. The van der Waals surface area contributed by atoms with Crippen LogP contribution in [0.1, 0.15) is 20.3 Å². The summed E-state index contributed by atoms with van der Waals surface area (Å²) in [4.78, 5) is 11.4. The number of methoxy groups -OCH3 is 1. The van der Waals surface area contributed by atoms with Crippen LogP contribution in [0, 0.1) is 17.8 Å². The van der Waals surface area contributed by atoms with Crippen molar-refractivity contribution in [3.05, 3.63) is 0 Å². The van der Waals surface area contributed by atoms with Gasteiger partial charge in [-0.2, -0.15) is 0 Å². The van der Waals surface area contributed by atoms with Crippen molar-refractivity contribution in [2.45, 2.75) is 20.3 Å². The first-order valence-electron chi connectivity index (χ1n) is 4.95. The largest absolute Gasteiger partial charge is 0.469 e. The van der Waals surface area contributed by atoms with Crippen molar-refractivity contribution in [1.29, 1.82) is 0 Å². The second-order valence-electron chi connectivity index (χ2n) is 4.03. The maximum Gasteiger partial charge on any atom is 0.309 e. The van der Waals surface area contributed by atoms with E-state index >= 15 is 0 Å². The normalized spacial score (nSPS) is 28.9. The third kappa shape index (κ3) is 2.44. The van der Waals surface area contributed by atoms with Gasteiger partial charge in [-0.15, -0.1) is 0 Å². The lowest BCUT2D eigenvalue weighted by molar-refractivity contribution is -0.149. The van der Waals surface area contributed by atoms with E-state index in [1.165, 1.54) is 7.11 Å². The zero-order chi connectivity index (χ0) is 9.84. The Morgan fingerprint density at radius 2 is 2.23 bits per heavy atom. The minimum absolute atomic E-state index is 0.0415. The van der Waals surface area contributed by atoms with Gasteiger partial charge in [0.15, 0.2) is 0 Å². The highest BCUT2D eigenvalue weighted by Gasteiger charge is 2.33. The summed E-state index contributed by atoms with van der Waals surface area (Å²) < 4.78 is 4.80. The summed E-state index contributed by atoms with van der Waals surface area (Å²) in [5, 5.41) is 3.32. The summed E-state index contributed by atoms with van der Waals surface area (Å²) in [6, 6.07) is 0. The maximum atomic E-state index is 11.4. The van der Waals surface area contributed by atoms with Gasteiger partial charge < -0.3 is 10.1 Å². The first kappa shape index (κ1) is 10.5. The van der Waals surface area contributed by atoms with E-state index < -0.39 is 0 Å². The van der Waals surface area contributed by atoms with E-state index in [1.54, 1.807) is 0 Å². The topological polar surface area (TPSA) is 38.3 Å². The molecule has 1 N–H and O–H groups in total. The molecule has 1 aliphatic heterocycles. The fourth-order valence-corrected chi connectivity index (χ4v) is 2.03. The molecule has 0 radical (unpaired) electrons. The van der Waals surface area contributed by atoms with Crippen molar-refractivity contribution >= 4 is 5.97 Å². The van der Waals surface area contributed by atoms with Crippen molar-refractivity contribution in [3.63, 3.8) is 0 Å². The SMILES string of the molecule is COC(=O)C1CCNCC1C(C)C. The highest BCUT2D eigenvalue weighted by molar-refractivity contribution is 5.72. The van der Waals surface area contributed by atoms with E-state index in [-0.39, 0.29) is 11.9 Å². The fourth-order valence-electron chi connectivity index (χ4n) is 2.03. The van der Waals surface area contributed by atoms with Gasteiger partial charge in [-0.05, 0) is 31.3 Å². The molecule has 0 aromatic heterocycles. The van der Waals surface area contributed by atoms with Crippen LogP contribution in [0.4, 0.5) is 0 Å². The molecule has 76 valence electrons. The van der Waals surface area contributed by atoms with Crippen LogP contribution >= 0.6 is 0 Å². The van der Waals surface area contributed by atoms with Gasteiger partial charge >= 0.3 is 5.97 Å². The van der Waals surface area contributed by atoms with Crippen molar-refractivity contribution in [1.82, 2.24) is 5.32 Å². The molecule has 0 amide bonds. The highest BCUT2D eigenvalue weighted by atomic mass is 16.5. The highest BCUT2D eigenvalue weighted by Crippen LogP contribution is 2.26. The number of piperidine rings is 1. The Labute approximate surface area is 79.8 Å². The monoisotopic (exact) mass is 185 g/mol. The van der Waals surface area contributed by atoms with Gasteiger partial charge in [-0.3, -0.25) is 4.79 Å². The number of nitrogens with one attached hydrogen (secondary N) is 1. The van der Waals surface area contributed by atoms with Crippen LogP contribution in [0.3, 0.4) is 0 Å². The van der Waals surface area contributed by atoms with Crippen LogP contribution in [0.2, 0.25) is 0 Å². The fraction of sp³-hybridized carbons (Fsp3) is 0.900. The van der Waals surface area contributed by atoms with E-state index in [2.05, 4.69) is 19.2 Å². The summed E-state index contributed by atoms with van der Waals surface area (Å²) >= 11 is 0. The van der Waals surface area contributed by atoms with Crippen LogP contribution in [-0.4, -0.2) is 26.2 Å². The predicted molar refractivity (Wildman–Crippen MR) is 51.3 cm³/mol. The summed E-state index contributed by atoms with van der Waals surface area (Å²) in [5.41, 5.74) is 0. The Bertz CT molecular complexity index is 180. The minimum atomic E-state index is -0.0415. The molecule has 0 bridgehead atoms. The lowest BCUT2D eigenvalue weighted by Crippen LogP contribution is -2.42. The lowest BCUT2D eigenvalue weighted by Gasteiger charge is -2.32. The second-order valence-corrected chi connectivity index (χ2v) is 4.03. The van der Waals surface area contributed by atoms with Crippen molar-refractivity contribution in [3.8, 4) is 0 Å². The number of esters is 1. The van der Waals surface area contributed by atoms with E-state index in [0.717, 1.165) is 19.5 Å². The maximum absolute atomic E-state index is 11.4. The Morgan fingerprint density at radius 1 is 1.54 bits per heavy atom. The standard InChI is InChI=1S/C10H19NO2/c1-7(2)9-6-11-5-4-8(9)10(12)13-3/h7-9,11H,4-6H2,1-3H3. The molecule has 1 aliphatic rings. The molecule has 1 fully saturated rings. The molecular weight excluding hydrogens is 166 g/mol. The Balaban J connectivity index is 2.61. The smallest absolute Gasteiger partial charge is 0.309 e. The quantitative estimate of drug-likeness (QED) is 0.653. The van der Waals surface area contributed by atoms with Gasteiger partial charge in [0.05, 0.1) is 13.0 Å². The third-order valence-electron chi connectivity index (χ3n) is 2.89. The molecule has 0 aromatic carbocycles. The van der Waals surface area contributed by atoms with Crippen LogP contribution in [0.5, 0.6) is 0 Å². The summed E-state index contributed by atoms with van der Waals surface area (Å²) in [6.07, 6.45) is 0.912. The predicted octanol–water partition coefficient (Wildman–Crippen LogP) is 1.04. The molecular formula is C10H19NO2. The molecule has 2 unspecified atom stereocenters. The average molecular weight is 185 g/mol. The third-order valence-corrected chi connectivity index (χ3v) is 2.89. The molecule has 13 heavy (non-hydrogen) atoms. The molecule has 1 saturated heterocycles. The molecule has 0 aliphatic carbocycles. The number of carbonyl (C=O) groups excluding carboxylic acids is 1. The summed E-state index contributed by atoms with van der Waals surface area (Å²) in [5.74, 6) is 1.03. The Hall–Kier alpha value is -0.570. The molecule has 1 rings (SSSR count). The summed E-state index contributed by atoms with van der Waals surface area (Å²) in [7, 11) is 1.47. The molecule has 0 aromatic rings. The average Bonchev–Trinajstić information content (AvgIpc) is 2.16. The molecule has 1 heterocycles. The second kappa shape index (κ2) is 4.61. The number of carbonyl (C=O) groups is 1. The van der Waals surface area contributed by atoms with Gasteiger partial charge in [-0.1, -0.05) is 13.8 Å². The molecule has 3 heteroatoms. The molecule has 0 spiro atoms. The van der Waals surface area contributed by atoms with Crippen LogP contribution in [0.15, 0.2) is 0 Å². The zero-order valence-corrected chi connectivity index (χ0v) is 8.67. The van der Waals surface area contributed by atoms with Crippen LogP contribution < -0.4 is 5.32 Å². The molecule has 2 atom stereocenters. The Kier molecular flexibility index (Phi) is 3.72. The van der Waals surface area contributed by atoms with Gasteiger partial charge in [0.1, 0.15) is 0 Å². The zero-order valence-electron chi connectivity index (χ0n) is 8.67. The van der Waals surface area contributed by atoms with E-state index in [9.17, 15) is 4.79 Å². The van der Waals surface area contributed by atoms with Crippen molar-refractivity contribution < 1.29 is 9.53 Å². The number of ether oxygens (including phenoxy) is 1. The van der Waals surface area contributed by atoms with Crippen molar-refractivity contribution in [2.75, 3.05) is 20.2 Å². The number of hydrogen-bond donors (Lipinski definition) is 1. The van der Waals surface area contributed by atoms with Crippen LogP contribution in [-0.2, 0) is 9.53 Å². The van der Waals surface area contributed by atoms with E-state index in [4.69, 9.17) is 4.74 Å². The first-order valence-corrected chi connectivity index (χ1v) is 4.95.